The quantitative estimate of drug-likeness (QED) is 0.605. The molecule has 17 heavy (non-hydrogen) atoms. The highest BCUT2D eigenvalue weighted by atomic mass is 14.9. The molecule has 1 rings (SSSR count). The van der Waals surface area contributed by atoms with E-state index < -0.39 is 0 Å². The third-order valence-electron chi connectivity index (χ3n) is 4.17. The van der Waals surface area contributed by atoms with Gasteiger partial charge in [-0.15, -0.1) is 0 Å². The van der Waals surface area contributed by atoms with Crippen molar-refractivity contribution in [1.29, 1.82) is 0 Å². The van der Waals surface area contributed by atoms with E-state index in [0.29, 0.717) is 5.41 Å². The van der Waals surface area contributed by atoms with Gasteiger partial charge in [-0.1, -0.05) is 33.6 Å². The van der Waals surface area contributed by atoms with E-state index in [1.165, 1.54) is 51.6 Å². The number of nitrogens with one attached hydrogen (secondary N) is 2. The van der Waals surface area contributed by atoms with E-state index in [2.05, 4.69) is 31.4 Å². The molecule has 2 nitrogen and oxygen atoms in total. The van der Waals surface area contributed by atoms with Crippen molar-refractivity contribution in [2.24, 2.45) is 11.3 Å². The van der Waals surface area contributed by atoms with Crippen LogP contribution in [0.1, 0.15) is 59.3 Å². The van der Waals surface area contributed by atoms with Crippen molar-refractivity contribution < 1.29 is 0 Å². The third kappa shape index (κ3) is 5.87. The first kappa shape index (κ1) is 15.0. The maximum atomic E-state index is 3.67. The van der Waals surface area contributed by atoms with Crippen LogP contribution in [0.25, 0.3) is 0 Å². The Labute approximate surface area is 108 Å². The van der Waals surface area contributed by atoms with Crippen molar-refractivity contribution >= 4 is 0 Å². The van der Waals surface area contributed by atoms with Crippen LogP contribution in [0.3, 0.4) is 0 Å². The molecule has 0 aromatic rings. The molecule has 0 amide bonds. The lowest BCUT2D eigenvalue weighted by atomic mass is 9.83. The topological polar surface area (TPSA) is 24.1 Å². The smallest absolute Gasteiger partial charge is 0.000771 e. The molecule has 0 heterocycles. The summed E-state index contributed by atoms with van der Waals surface area (Å²) in [4.78, 5) is 0. The first-order valence-electron chi connectivity index (χ1n) is 7.60. The van der Waals surface area contributed by atoms with Crippen molar-refractivity contribution in [1.82, 2.24) is 10.6 Å². The van der Waals surface area contributed by atoms with Crippen LogP contribution in [0.4, 0.5) is 0 Å². The Morgan fingerprint density at radius 1 is 1.06 bits per heavy atom. The van der Waals surface area contributed by atoms with E-state index in [9.17, 15) is 0 Å². The van der Waals surface area contributed by atoms with Gasteiger partial charge >= 0.3 is 0 Å². The summed E-state index contributed by atoms with van der Waals surface area (Å²) in [6, 6.07) is 0. The highest BCUT2D eigenvalue weighted by molar-refractivity contribution is 4.85. The molecule has 0 radical (unpaired) electrons. The molecule has 1 aliphatic rings. The second-order valence-corrected chi connectivity index (χ2v) is 6.19. The van der Waals surface area contributed by atoms with Crippen molar-refractivity contribution in [3.63, 3.8) is 0 Å². The molecule has 0 spiro atoms. The normalized spacial score (nSPS) is 19.1. The summed E-state index contributed by atoms with van der Waals surface area (Å²) >= 11 is 0. The lowest BCUT2D eigenvalue weighted by Crippen LogP contribution is -2.33. The van der Waals surface area contributed by atoms with Crippen LogP contribution in [0.15, 0.2) is 0 Å². The Morgan fingerprint density at radius 2 is 1.71 bits per heavy atom. The van der Waals surface area contributed by atoms with E-state index in [-0.39, 0.29) is 0 Å². The summed E-state index contributed by atoms with van der Waals surface area (Å²) in [5.41, 5.74) is 0.644. The largest absolute Gasteiger partial charge is 0.316 e. The van der Waals surface area contributed by atoms with E-state index in [4.69, 9.17) is 0 Å². The lowest BCUT2D eigenvalue weighted by Gasteiger charge is -2.27. The van der Waals surface area contributed by atoms with Gasteiger partial charge in [0.2, 0.25) is 0 Å². The van der Waals surface area contributed by atoms with Gasteiger partial charge in [-0.2, -0.15) is 0 Å². The highest BCUT2D eigenvalue weighted by Gasteiger charge is 2.31. The highest BCUT2D eigenvalue weighted by Crippen LogP contribution is 2.40. The first-order valence-corrected chi connectivity index (χ1v) is 7.60. The van der Waals surface area contributed by atoms with E-state index in [1.807, 2.05) is 0 Å². The van der Waals surface area contributed by atoms with Crippen molar-refractivity contribution in [2.75, 3.05) is 26.2 Å². The van der Waals surface area contributed by atoms with Crippen molar-refractivity contribution in [3.8, 4) is 0 Å². The Kier molecular flexibility index (Phi) is 7.14. The summed E-state index contributed by atoms with van der Waals surface area (Å²) in [6.07, 6.45) is 8.40. The molecular formula is C15H32N2. The van der Waals surface area contributed by atoms with Crippen LogP contribution < -0.4 is 10.6 Å². The predicted molar refractivity (Wildman–Crippen MR) is 76.4 cm³/mol. The molecule has 0 aromatic carbocycles. The fourth-order valence-corrected chi connectivity index (χ4v) is 2.86. The Bertz CT molecular complexity index is 183. The van der Waals surface area contributed by atoms with Gasteiger partial charge in [-0.05, 0) is 56.7 Å². The van der Waals surface area contributed by atoms with Gasteiger partial charge in [0.25, 0.3) is 0 Å². The van der Waals surface area contributed by atoms with Gasteiger partial charge in [0.1, 0.15) is 0 Å². The van der Waals surface area contributed by atoms with Crippen molar-refractivity contribution in [2.45, 2.75) is 59.3 Å². The average molecular weight is 240 g/mol. The molecule has 0 bridgehead atoms. The van der Waals surface area contributed by atoms with Gasteiger partial charge in [-0.3, -0.25) is 0 Å². The lowest BCUT2D eigenvalue weighted by molar-refractivity contribution is 0.268. The molecule has 2 heteroatoms. The van der Waals surface area contributed by atoms with Gasteiger partial charge < -0.3 is 10.6 Å². The minimum Gasteiger partial charge on any atom is -0.316 e. The number of hydrogen-bond donors (Lipinski definition) is 2. The maximum Gasteiger partial charge on any atom is 0.000771 e. The molecule has 0 unspecified atom stereocenters. The Hall–Kier alpha value is -0.0800. The van der Waals surface area contributed by atoms with Gasteiger partial charge in [0, 0.05) is 6.54 Å². The summed E-state index contributed by atoms with van der Waals surface area (Å²) in [5, 5.41) is 7.16. The first-order chi connectivity index (χ1) is 8.18. The minimum atomic E-state index is 0.644. The summed E-state index contributed by atoms with van der Waals surface area (Å²) in [6.45, 7) is 11.6. The van der Waals surface area contributed by atoms with Crippen LogP contribution in [-0.4, -0.2) is 26.2 Å². The fraction of sp³-hybridized carbons (Fsp3) is 1.00. The molecule has 1 saturated carbocycles. The molecule has 1 fully saturated rings. The second kappa shape index (κ2) is 8.10. The Balaban J connectivity index is 1.96. The third-order valence-corrected chi connectivity index (χ3v) is 4.17. The molecule has 0 aliphatic heterocycles. The van der Waals surface area contributed by atoms with Crippen LogP contribution in [0.2, 0.25) is 0 Å². The standard InChI is InChI=1S/C15H32N2/c1-4-15(8-5-6-9-15)13-17-11-7-10-16-12-14(2)3/h14,16-17H,4-13H2,1-3H3. The fourth-order valence-electron chi connectivity index (χ4n) is 2.86. The molecule has 2 N–H and O–H groups in total. The monoisotopic (exact) mass is 240 g/mol. The van der Waals surface area contributed by atoms with Crippen LogP contribution in [0.5, 0.6) is 0 Å². The van der Waals surface area contributed by atoms with E-state index in [0.717, 1.165) is 19.0 Å². The molecular weight excluding hydrogens is 208 g/mol. The molecule has 0 saturated heterocycles. The zero-order valence-corrected chi connectivity index (χ0v) is 12.1. The van der Waals surface area contributed by atoms with E-state index >= 15 is 0 Å². The molecule has 0 aromatic heterocycles. The van der Waals surface area contributed by atoms with Crippen molar-refractivity contribution in [3.05, 3.63) is 0 Å². The molecule has 102 valence electrons. The molecule has 1 aliphatic carbocycles. The van der Waals surface area contributed by atoms with Crippen LogP contribution >= 0.6 is 0 Å². The summed E-state index contributed by atoms with van der Waals surface area (Å²) < 4.78 is 0. The average Bonchev–Trinajstić information content (AvgIpc) is 2.77. The SMILES string of the molecule is CCC1(CNCCCNCC(C)C)CCCC1. The zero-order valence-electron chi connectivity index (χ0n) is 12.1. The number of rotatable bonds is 9. The zero-order chi connectivity index (χ0) is 12.6. The minimum absolute atomic E-state index is 0.644. The summed E-state index contributed by atoms with van der Waals surface area (Å²) in [7, 11) is 0. The van der Waals surface area contributed by atoms with Crippen LogP contribution in [0, 0.1) is 11.3 Å². The summed E-state index contributed by atoms with van der Waals surface area (Å²) in [5.74, 6) is 0.768. The Morgan fingerprint density at radius 3 is 2.29 bits per heavy atom. The molecule has 0 atom stereocenters. The maximum absolute atomic E-state index is 3.67. The van der Waals surface area contributed by atoms with Crippen LogP contribution in [-0.2, 0) is 0 Å². The van der Waals surface area contributed by atoms with Gasteiger partial charge in [0.05, 0.1) is 0 Å². The van der Waals surface area contributed by atoms with E-state index in [1.54, 1.807) is 0 Å². The number of hydrogen-bond acceptors (Lipinski definition) is 2. The van der Waals surface area contributed by atoms with Gasteiger partial charge in [0.15, 0.2) is 0 Å². The predicted octanol–water partition coefficient (Wildman–Crippen LogP) is 3.18. The van der Waals surface area contributed by atoms with Gasteiger partial charge in [-0.25, -0.2) is 0 Å². The second-order valence-electron chi connectivity index (χ2n) is 6.19.